The van der Waals surface area contributed by atoms with E-state index in [0.29, 0.717) is 18.8 Å². The van der Waals surface area contributed by atoms with Gasteiger partial charge >= 0.3 is 6.03 Å². The average molecular weight is 416 g/mol. The first-order chi connectivity index (χ1) is 13.7. The van der Waals surface area contributed by atoms with E-state index >= 15 is 0 Å². The van der Waals surface area contributed by atoms with Crippen LogP contribution in [0.5, 0.6) is 0 Å². The Bertz CT molecular complexity index is 958. The zero-order valence-corrected chi connectivity index (χ0v) is 18.1. The maximum Gasteiger partial charge on any atom is 0.321 e. The first-order valence-electron chi connectivity index (χ1n) is 9.89. The highest BCUT2D eigenvalue weighted by atomic mass is 32.2. The van der Waals surface area contributed by atoms with Crippen LogP contribution in [0.4, 0.5) is 10.5 Å². The number of piperazine rings is 1. The van der Waals surface area contributed by atoms with Gasteiger partial charge in [-0.1, -0.05) is 43.3 Å². The van der Waals surface area contributed by atoms with E-state index in [1.54, 1.807) is 30.0 Å². The number of urea groups is 1. The van der Waals surface area contributed by atoms with Gasteiger partial charge in [0.05, 0.1) is 10.6 Å². The maximum atomic E-state index is 12.8. The molecule has 2 aromatic rings. The molecule has 0 unspecified atom stereocenters. The highest BCUT2D eigenvalue weighted by Crippen LogP contribution is 2.24. The second-order valence-electron chi connectivity index (χ2n) is 8.00. The fourth-order valence-electron chi connectivity index (χ4n) is 3.60. The number of benzene rings is 2. The van der Waals surface area contributed by atoms with Crippen LogP contribution in [0.25, 0.3) is 0 Å². The Morgan fingerprint density at radius 2 is 1.79 bits per heavy atom. The summed E-state index contributed by atoms with van der Waals surface area (Å²) in [4.78, 5) is 17.2. The zero-order chi connectivity index (χ0) is 21.1. The fraction of sp³-hybridized carbons (Fsp3) is 0.409. The molecule has 0 bridgehead atoms. The molecule has 0 radical (unpaired) electrons. The Balaban J connectivity index is 1.65. The lowest BCUT2D eigenvalue weighted by atomic mass is 9.98. The van der Waals surface area contributed by atoms with Gasteiger partial charge in [0.25, 0.3) is 0 Å². The highest BCUT2D eigenvalue weighted by Gasteiger charge is 2.35. The van der Waals surface area contributed by atoms with Crippen LogP contribution in [-0.4, -0.2) is 55.2 Å². The third kappa shape index (κ3) is 5.16. The van der Waals surface area contributed by atoms with Gasteiger partial charge in [0.1, 0.15) is 0 Å². The predicted molar refractivity (Wildman–Crippen MR) is 116 cm³/mol. The Hall–Kier alpha value is -2.38. The predicted octanol–water partition coefficient (Wildman–Crippen LogP) is 3.61. The van der Waals surface area contributed by atoms with Gasteiger partial charge < -0.3 is 10.2 Å². The zero-order valence-electron chi connectivity index (χ0n) is 17.3. The minimum atomic E-state index is -3.31. The molecule has 1 aliphatic heterocycles. The minimum Gasteiger partial charge on any atom is -0.321 e. The molecule has 6 nitrogen and oxygen atoms in total. The number of carbonyl (C=O) groups is 1. The molecule has 1 fully saturated rings. The van der Waals surface area contributed by atoms with Crippen molar-refractivity contribution in [3.63, 3.8) is 0 Å². The van der Waals surface area contributed by atoms with E-state index in [1.807, 2.05) is 18.2 Å². The van der Waals surface area contributed by atoms with Crippen LogP contribution in [0.3, 0.4) is 0 Å². The van der Waals surface area contributed by atoms with Crippen molar-refractivity contribution in [1.82, 2.24) is 9.80 Å². The van der Waals surface area contributed by atoms with Gasteiger partial charge in [-0.15, -0.1) is 0 Å². The molecule has 1 aliphatic rings. The third-order valence-electron chi connectivity index (χ3n) is 5.40. The van der Waals surface area contributed by atoms with Crippen molar-refractivity contribution in [2.24, 2.45) is 0 Å². The van der Waals surface area contributed by atoms with Gasteiger partial charge in [-0.3, -0.25) is 4.90 Å². The summed E-state index contributed by atoms with van der Waals surface area (Å²) >= 11 is 0. The van der Waals surface area contributed by atoms with Crippen molar-refractivity contribution in [2.75, 3.05) is 30.7 Å². The second-order valence-corrected chi connectivity index (χ2v) is 10.3. The summed E-state index contributed by atoms with van der Waals surface area (Å²) in [6.07, 6.45) is 0. The SMILES string of the molecule is CCS(=O)(=O)c1cccc(NC(=O)N2CCN(Cc3ccccc3)C(C)(C)C2)c1. The van der Waals surface area contributed by atoms with Gasteiger partial charge in [-0.25, -0.2) is 13.2 Å². The van der Waals surface area contributed by atoms with Crippen LogP contribution in [0, 0.1) is 0 Å². The molecule has 2 aromatic carbocycles. The molecule has 1 saturated heterocycles. The van der Waals surface area contributed by atoms with E-state index in [1.165, 1.54) is 11.6 Å². The van der Waals surface area contributed by atoms with E-state index in [2.05, 4.69) is 36.2 Å². The Kier molecular flexibility index (Phi) is 6.29. The van der Waals surface area contributed by atoms with Crippen molar-refractivity contribution < 1.29 is 13.2 Å². The number of rotatable bonds is 5. The highest BCUT2D eigenvalue weighted by molar-refractivity contribution is 7.91. The summed E-state index contributed by atoms with van der Waals surface area (Å²) in [5, 5.41) is 2.85. The van der Waals surface area contributed by atoms with Crippen LogP contribution < -0.4 is 5.32 Å². The Labute approximate surface area is 173 Å². The lowest BCUT2D eigenvalue weighted by Gasteiger charge is -2.47. The monoisotopic (exact) mass is 415 g/mol. The summed E-state index contributed by atoms with van der Waals surface area (Å²) in [6, 6.07) is 16.6. The molecule has 1 heterocycles. The largest absolute Gasteiger partial charge is 0.321 e. The molecule has 0 spiro atoms. The maximum absolute atomic E-state index is 12.8. The van der Waals surface area contributed by atoms with Crippen molar-refractivity contribution in [1.29, 1.82) is 0 Å². The summed E-state index contributed by atoms with van der Waals surface area (Å²) in [5.41, 5.74) is 1.58. The molecule has 0 aromatic heterocycles. The van der Waals surface area contributed by atoms with Crippen molar-refractivity contribution in [3.8, 4) is 0 Å². The number of carbonyl (C=O) groups excluding carboxylic acids is 1. The van der Waals surface area contributed by atoms with Gasteiger partial charge in [0.15, 0.2) is 9.84 Å². The third-order valence-corrected chi connectivity index (χ3v) is 7.13. The van der Waals surface area contributed by atoms with E-state index in [9.17, 15) is 13.2 Å². The number of sulfone groups is 1. The van der Waals surface area contributed by atoms with Gasteiger partial charge in [-0.05, 0) is 37.6 Å². The smallest absolute Gasteiger partial charge is 0.321 e. The molecule has 2 amide bonds. The minimum absolute atomic E-state index is 0.0297. The summed E-state index contributed by atoms with van der Waals surface area (Å²) in [6.45, 7) is 8.73. The molecular formula is C22H29N3O3S. The molecular weight excluding hydrogens is 386 g/mol. The summed E-state index contributed by atoms with van der Waals surface area (Å²) in [7, 11) is -3.31. The topological polar surface area (TPSA) is 69.7 Å². The molecule has 3 rings (SSSR count). The average Bonchev–Trinajstić information content (AvgIpc) is 2.70. The number of anilines is 1. The molecule has 0 atom stereocenters. The van der Waals surface area contributed by atoms with Crippen molar-refractivity contribution in [2.45, 2.75) is 37.8 Å². The molecule has 29 heavy (non-hydrogen) atoms. The van der Waals surface area contributed by atoms with Crippen molar-refractivity contribution >= 4 is 21.6 Å². The first-order valence-corrected chi connectivity index (χ1v) is 11.5. The molecule has 0 saturated carbocycles. The second kappa shape index (κ2) is 8.55. The normalized spacial score (nSPS) is 17.1. The van der Waals surface area contributed by atoms with Gasteiger partial charge in [0, 0.05) is 37.4 Å². The molecule has 1 N–H and O–H groups in total. The van der Waals surface area contributed by atoms with Crippen LogP contribution in [0.1, 0.15) is 26.3 Å². The van der Waals surface area contributed by atoms with E-state index in [0.717, 1.165) is 13.1 Å². The number of amides is 2. The van der Waals surface area contributed by atoms with Crippen LogP contribution in [0.2, 0.25) is 0 Å². The fourth-order valence-corrected chi connectivity index (χ4v) is 4.52. The number of nitrogens with one attached hydrogen (secondary N) is 1. The molecule has 0 aliphatic carbocycles. The quantitative estimate of drug-likeness (QED) is 0.810. The van der Waals surface area contributed by atoms with Gasteiger partial charge in [0.2, 0.25) is 0 Å². The molecule has 156 valence electrons. The standard InChI is InChI=1S/C22H29N3O3S/c1-4-29(27,28)20-12-8-11-19(15-20)23-21(26)24-13-14-25(22(2,3)17-24)16-18-9-6-5-7-10-18/h5-12,15H,4,13-14,16-17H2,1-3H3,(H,23,26). The van der Waals surface area contributed by atoms with Crippen LogP contribution in [-0.2, 0) is 16.4 Å². The van der Waals surface area contributed by atoms with Crippen LogP contribution >= 0.6 is 0 Å². The number of nitrogens with zero attached hydrogens (tertiary/aromatic N) is 2. The van der Waals surface area contributed by atoms with Crippen molar-refractivity contribution in [3.05, 3.63) is 60.2 Å². The Morgan fingerprint density at radius 1 is 1.07 bits per heavy atom. The lowest BCUT2D eigenvalue weighted by Crippen LogP contribution is -2.60. The van der Waals surface area contributed by atoms with E-state index in [-0.39, 0.29) is 22.2 Å². The number of hydrogen-bond acceptors (Lipinski definition) is 4. The van der Waals surface area contributed by atoms with E-state index < -0.39 is 9.84 Å². The number of hydrogen-bond donors (Lipinski definition) is 1. The summed E-state index contributed by atoms with van der Waals surface area (Å²) in [5.74, 6) is 0.0297. The van der Waals surface area contributed by atoms with Gasteiger partial charge in [-0.2, -0.15) is 0 Å². The summed E-state index contributed by atoms with van der Waals surface area (Å²) < 4.78 is 24.2. The molecule has 7 heteroatoms. The lowest BCUT2D eigenvalue weighted by molar-refractivity contribution is 0.0325. The Morgan fingerprint density at radius 3 is 2.45 bits per heavy atom. The van der Waals surface area contributed by atoms with Crippen LogP contribution in [0.15, 0.2) is 59.5 Å². The first kappa shape index (κ1) is 21.3. The van der Waals surface area contributed by atoms with E-state index in [4.69, 9.17) is 0 Å².